The minimum atomic E-state index is -0.579. The maximum Gasteiger partial charge on any atom is 0.309 e. The molecule has 0 amide bonds. The molecule has 0 aromatic rings. The molecule has 1 aliphatic heterocycles. The smallest absolute Gasteiger partial charge is 0.309 e. The van der Waals surface area contributed by atoms with Crippen LogP contribution in [0.1, 0.15) is 59.8 Å². The van der Waals surface area contributed by atoms with Crippen LogP contribution in [0.25, 0.3) is 0 Å². The maximum absolute atomic E-state index is 11.5. The summed E-state index contributed by atoms with van der Waals surface area (Å²) in [4.78, 5) is 14.0. The van der Waals surface area contributed by atoms with Crippen molar-refractivity contribution in [2.24, 2.45) is 17.3 Å². The van der Waals surface area contributed by atoms with Crippen molar-refractivity contribution >= 4 is 5.97 Å². The fourth-order valence-electron chi connectivity index (χ4n) is 3.53. The van der Waals surface area contributed by atoms with Gasteiger partial charge >= 0.3 is 5.97 Å². The van der Waals surface area contributed by atoms with Gasteiger partial charge in [-0.05, 0) is 50.6 Å². The van der Waals surface area contributed by atoms with Gasteiger partial charge in [-0.1, -0.05) is 34.1 Å². The minimum Gasteiger partial charge on any atom is -0.481 e. The Morgan fingerprint density at radius 1 is 1.26 bits per heavy atom. The molecule has 1 heterocycles. The van der Waals surface area contributed by atoms with Crippen LogP contribution in [0, 0.1) is 17.3 Å². The van der Waals surface area contributed by atoms with E-state index in [9.17, 15) is 9.90 Å². The van der Waals surface area contributed by atoms with Crippen LogP contribution in [0.3, 0.4) is 0 Å². The first-order valence-electron chi connectivity index (χ1n) is 7.85. The number of hydrogen-bond acceptors (Lipinski definition) is 2. The van der Waals surface area contributed by atoms with E-state index in [1.807, 2.05) is 0 Å². The van der Waals surface area contributed by atoms with Gasteiger partial charge in [-0.3, -0.25) is 4.79 Å². The Bertz CT molecular complexity index is 280. The number of piperidine rings is 1. The topological polar surface area (TPSA) is 40.5 Å². The molecule has 0 spiro atoms. The number of carboxylic acids is 1. The van der Waals surface area contributed by atoms with Crippen LogP contribution in [-0.4, -0.2) is 35.6 Å². The normalized spacial score (nSPS) is 21.5. The first kappa shape index (κ1) is 16.5. The van der Waals surface area contributed by atoms with Gasteiger partial charge in [0.1, 0.15) is 0 Å². The fraction of sp³-hybridized carbons (Fsp3) is 0.938. The number of carbonyl (C=O) groups is 1. The molecule has 0 radical (unpaired) electrons. The average molecular weight is 269 g/mol. The van der Waals surface area contributed by atoms with Gasteiger partial charge in [-0.15, -0.1) is 0 Å². The van der Waals surface area contributed by atoms with Gasteiger partial charge in [0.25, 0.3) is 0 Å². The summed E-state index contributed by atoms with van der Waals surface area (Å²) in [5.74, 6) is 0.880. The molecule has 0 saturated carbocycles. The van der Waals surface area contributed by atoms with E-state index >= 15 is 0 Å². The summed E-state index contributed by atoms with van der Waals surface area (Å²) in [5.41, 5.74) is -0.438. The zero-order valence-electron chi connectivity index (χ0n) is 13.1. The lowest BCUT2D eigenvalue weighted by Gasteiger charge is -2.39. The van der Waals surface area contributed by atoms with Crippen LogP contribution in [0.2, 0.25) is 0 Å². The molecule has 19 heavy (non-hydrogen) atoms. The molecule has 1 aliphatic rings. The predicted octanol–water partition coefficient (Wildman–Crippen LogP) is 3.64. The molecule has 1 fully saturated rings. The molecular weight excluding hydrogens is 238 g/mol. The number of aliphatic carboxylic acids is 1. The van der Waals surface area contributed by atoms with Crippen molar-refractivity contribution in [1.29, 1.82) is 0 Å². The van der Waals surface area contributed by atoms with Gasteiger partial charge in [0.2, 0.25) is 0 Å². The van der Waals surface area contributed by atoms with Crippen molar-refractivity contribution < 1.29 is 9.90 Å². The summed E-state index contributed by atoms with van der Waals surface area (Å²) in [7, 11) is 0. The first-order chi connectivity index (χ1) is 8.89. The Labute approximate surface area is 118 Å². The molecule has 1 N–H and O–H groups in total. The third-order valence-electron chi connectivity index (χ3n) is 4.44. The monoisotopic (exact) mass is 269 g/mol. The van der Waals surface area contributed by atoms with Crippen LogP contribution in [0.5, 0.6) is 0 Å². The molecule has 1 rings (SSSR count). The van der Waals surface area contributed by atoms with E-state index < -0.39 is 11.4 Å². The van der Waals surface area contributed by atoms with Gasteiger partial charge in [0.05, 0.1) is 5.41 Å². The lowest BCUT2D eigenvalue weighted by Crippen LogP contribution is -2.45. The minimum absolute atomic E-state index is 0.438. The van der Waals surface area contributed by atoms with Crippen molar-refractivity contribution in [3.63, 3.8) is 0 Å². The highest BCUT2D eigenvalue weighted by Crippen LogP contribution is 2.36. The van der Waals surface area contributed by atoms with Crippen molar-refractivity contribution in [2.45, 2.75) is 59.8 Å². The molecule has 3 nitrogen and oxygen atoms in total. The van der Waals surface area contributed by atoms with E-state index in [0.717, 1.165) is 51.2 Å². The standard InChI is InChI=1S/C16H31NO2/c1-5-6-16(15(18)19)7-9-17(10-8-16)12-14(4)11-13(2)3/h13-14H,5-12H2,1-4H3,(H,18,19). The summed E-state index contributed by atoms with van der Waals surface area (Å²) >= 11 is 0. The summed E-state index contributed by atoms with van der Waals surface area (Å²) < 4.78 is 0. The summed E-state index contributed by atoms with van der Waals surface area (Å²) in [6.45, 7) is 12.0. The zero-order chi connectivity index (χ0) is 14.5. The average Bonchev–Trinajstić information content (AvgIpc) is 2.30. The maximum atomic E-state index is 11.5. The predicted molar refractivity (Wildman–Crippen MR) is 79.3 cm³/mol. The highest BCUT2D eigenvalue weighted by Gasteiger charge is 2.40. The highest BCUT2D eigenvalue weighted by atomic mass is 16.4. The molecular formula is C16H31NO2. The molecule has 0 aromatic heterocycles. The van der Waals surface area contributed by atoms with E-state index in [-0.39, 0.29) is 0 Å². The van der Waals surface area contributed by atoms with Crippen LogP contribution in [0.15, 0.2) is 0 Å². The summed E-state index contributed by atoms with van der Waals surface area (Å²) in [6, 6.07) is 0. The van der Waals surface area contributed by atoms with E-state index in [2.05, 4.69) is 32.6 Å². The molecule has 112 valence electrons. The number of likely N-dealkylation sites (tertiary alicyclic amines) is 1. The Kier molecular flexibility index (Phi) is 6.31. The van der Waals surface area contributed by atoms with Crippen LogP contribution >= 0.6 is 0 Å². The Hall–Kier alpha value is -0.570. The molecule has 0 aromatic carbocycles. The molecule has 0 aliphatic carbocycles. The summed E-state index contributed by atoms with van der Waals surface area (Å²) in [5, 5.41) is 9.49. The van der Waals surface area contributed by atoms with Gasteiger partial charge in [0, 0.05) is 6.54 Å². The lowest BCUT2D eigenvalue weighted by atomic mass is 9.75. The van der Waals surface area contributed by atoms with Crippen molar-refractivity contribution in [3.05, 3.63) is 0 Å². The highest BCUT2D eigenvalue weighted by molar-refractivity contribution is 5.74. The zero-order valence-corrected chi connectivity index (χ0v) is 13.1. The Morgan fingerprint density at radius 2 is 1.84 bits per heavy atom. The third-order valence-corrected chi connectivity index (χ3v) is 4.44. The number of nitrogens with zero attached hydrogens (tertiary/aromatic N) is 1. The second kappa shape index (κ2) is 7.28. The van der Waals surface area contributed by atoms with Crippen LogP contribution < -0.4 is 0 Å². The number of hydrogen-bond donors (Lipinski definition) is 1. The Balaban J connectivity index is 2.45. The number of rotatable bonds is 7. The molecule has 1 unspecified atom stereocenters. The second-order valence-corrected chi connectivity index (χ2v) is 6.87. The van der Waals surface area contributed by atoms with Crippen LogP contribution in [0.4, 0.5) is 0 Å². The second-order valence-electron chi connectivity index (χ2n) is 6.87. The van der Waals surface area contributed by atoms with Gasteiger partial charge in [0.15, 0.2) is 0 Å². The first-order valence-corrected chi connectivity index (χ1v) is 7.85. The Morgan fingerprint density at radius 3 is 2.26 bits per heavy atom. The van der Waals surface area contributed by atoms with Gasteiger partial charge in [-0.25, -0.2) is 0 Å². The van der Waals surface area contributed by atoms with Gasteiger partial charge in [-0.2, -0.15) is 0 Å². The fourth-order valence-corrected chi connectivity index (χ4v) is 3.53. The lowest BCUT2D eigenvalue weighted by molar-refractivity contribution is -0.152. The van der Waals surface area contributed by atoms with Crippen LogP contribution in [-0.2, 0) is 4.79 Å². The van der Waals surface area contributed by atoms with Crippen molar-refractivity contribution in [1.82, 2.24) is 4.90 Å². The SMILES string of the molecule is CCCC1(C(=O)O)CCN(CC(C)CC(C)C)CC1. The van der Waals surface area contributed by atoms with Crippen molar-refractivity contribution in [2.75, 3.05) is 19.6 Å². The molecule has 1 atom stereocenters. The third kappa shape index (κ3) is 4.79. The largest absolute Gasteiger partial charge is 0.481 e. The molecule has 1 saturated heterocycles. The quantitative estimate of drug-likeness (QED) is 0.767. The summed E-state index contributed by atoms with van der Waals surface area (Å²) in [6.07, 6.45) is 4.71. The molecule has 3 heteroatoms. The van der Waals surface area contributed by atoms with Gasteiger partial charge < -0.3 is 10.0 Å². The van der Waals surface area contributed by atoms with E-state index in [1.54, 1.807) is 0 Å². The van der Waals surface area contributed by atoms with Crippen molar-refractivity contribution in [3.8, 4) is 0 Å². The van der Waals surface area contributed by atoms with E-state index in [0.29, 0.717) is 5.92 Å². The van der Waals surface area contributed by atoms with E-state index in [4.69, 9.17) is 0 Å². The van der Waals surface area contributed by atoms with E-state index in [1.165, 1.54) is 6.42 Å². The molecule has 0 bridgehead atoms. The number of carboxylic acid groups (broad SMARTS) is 1.